The molecule has 0 heterocycles. The van der Waals surface area contributed by atoms with E-state index in [4.69, 9.17) is 16.3 Å². The lowest BCUT2D eigenvalue weighted by Crippen LogP contribution is -2.46. The van der Waals surface area contributed by atoms with Crippen LogP contribution in [0.4, 0.5) is 0 Å². The molecule has 0 aliphatic rings. The van der Waals surface area contributed by atoms with E-state index in [9.17, 15) is 9.59 Å². The highest BCUT2D eigenvalue weighted by Gasteiger charge is 2.28. The Labute approximate surface area is 158 Å². The van der Waals surface area contributed by atoms with E-state index in [-0.39, 0.29) is 12.6 Å². The van der Waals surface area contributed by atoms with Crippen molar-refractivity contribution in [2.45, 2.75) is 25.5 Å². The molecule has 2 aromatic carbocycles. The fourth-order valence-electron chi connectivity index (χ4n) is 2.53. The van der Waals surface area contributed by atoms with E-state index in [2.05, 4.69) is 10.6 Å². The summed E-state index contributed by atoms with van der Waals surface area (Å²) in [6, 6.07) is 16.4. The SMILES string of the molecule is CO[C@@](C)(CNC(=O)C(=O)N[C@@H](C)c1ccccc1)c1cccc(Cl)c1. The molecule has 138 valence electrons. The summed E-state index contributed by atoms with van der Waals surface area (Å²) in [5.74, 6) is -1.40. The number of hydrogen-bond donors (Lipinski definition) is 2. The summed E-state index contributed by atoms with van der Waals surface area (Å²) in [5.41, 5.74) is 0.937. The number of hydrogen-bond acceptors (Lipinski definition) is 3. The largest absolute Gasteiger partial charge is 0.372 e. The average Bonchev–Trinajstić information content (AvgIpc) is 2.66. The third kappa shape index (κ3) is 5.07. The van der Waals surface area contributed by atoms with Crippen molar-refractivity contribution in [3.8, 4) is 0 Å². The Hall–Kier alpha value is -2.37. The first-order valence-electron chi connectivity index (χ1n) is 8.30. The number of benzene rings is 2. The second-order valence-electron chi connectivity index (χ2n) is 6.23. The molecule has 0 aromatic heterocycles. The molecule has 2 amide bonds. The van der Waals surface area contributed by atoms with Gasteiger partial charge in [-0.2, -0.15) is 0 Å². The molecule has 0 radical (unpaired) electrons. The fraction of sp³-hybridized carbons (Fsp3) is 0.300. The minimum Gasteiger partial charge on any atom is -0.372 e. The van der Waals surface area contributed by atoms with E-state index < -0.39 is 17.4 Å². The third-order valence-corrected chi connectivity index (χ3v) is 4.56. The van der Waals surface area contributed by atoms with Crippen molar-refractivity contribution in [3.05, 3.63) is 70.7 Å². The van der Waals surface area contributed by atoms with Crippen LogP contribution in [0.15, 0.2) is 54.6 Å². The second kappa shape index (κ2) is 8.83. The van der Waals surface area contributed by atoms with Crippen LogP contribution in [0.1, 0.15) is 31.0 Å². The number of halogens is 1. The minimum atomic E-state index is -0.800. The second-order valence-corrected chi connectivity index (χ2v) is 6.67. The maximum atomic E-state index is 12.2. The van der Waals surface area contributed by atoms with E-state index in [1.165, 1.54) is 0 Å². The lowest BCUT2D eigenvalue weighted by Gasteiger charge is -2.29. The minimum absolute atomic E-state index is 0.135. The highest BCUT2D eigenvalue weighted by molar-refractivity contribution is 6.35. The first-order valence-corrected chi connectivity index (χ1v) is 8.68. The van der Waals surface area contributed by atoms with Gasteiger partial charge in [0.2, 0.25) is 0 Å². The Morgan fingerprint density at radius 2 is 1.81 bits per heavy atom. The third-order valence-electron chi connectivity index (χ3n) is 4.33. The Balaban J connectivity index is 1.96. The summed E-state index contributed by atoms with van der Waals surface area (Å²) in [5, 5.41) is 5.89. The number of ether oxygens (including phenoxy) is 1. The molecular formula is C20H23ClN2O3. The van der Waals surface area contributed by atoms with Gasteiger partial charge in [-0.15, -0.1) is 0 Å². The number of rotatable bonds is 6. The summed E-state index contributed by atoms with van der Waals surface area (Å²) < 4.78 is 5.55. The lowest BCUT2D eigenvalue weighted by molar-refractivity contribution is -0.140. The number of amides is 2. The maximum absolute atomic E-state index is 12.2. The monoisotopic (exact) mass is 374 g/mol. The predicted octanol–water partition coefficient (Wildman–Crippen LogP) is 3.20. The Morgan fingerprint density at radius 3 is 2.42 bits per heavy atom. The zero-order valence-corrected chi connectivity index (χ0v) is 15.8. The molecule has 0 unspecified atom stereocenters. The van der Waals surface area contributed by atoms with Crippen LogP contribution in [0.2, 0.25) is 5.02 Å². The van der Waals surface area contributed by atoms with Gasteiger partial charge in [-0.3, -0.25) is 9.59 Å². The van der Waals surface area contributed by atoms with E-state index in [0.717, 1.165) is 11.1 Å². The van der Waals surface area contributed by atoms with Gasteiger partial charge in [-0.1, -0.05) is 54.1 Å². The van der Waals surface area contributed by atoms with Crippen molar-refractivity contribution < 1.29 is 14.3 Å². The Bertz CT molecular complexity index is 767. The van der Waals surface area contributed by atoms with E-state index in [1.54, 1.807) is 19.2 Å². The Morgan fingerprint density at radius 1 is 1.12 bits per heavy atom. The van der Waals surface area contributed by atoms with Crippen molar-refractivity contribution in [2.24, 2.45) is 0 Å². The summed E-state index contributed by atoms with van der Waals surface area (Å²) in [4.78, 5) is 24.3. The summed E-state index contributed by atoms with van der Waals surface area (Å²) in [6.45, 7) is 3.78. The van der Waals surface area contributed by atoms with Crippen LogP contribution in [-0.4, -0.2) is 25.5 Å². The van der Waals surface area contributed by atoms with Crippen LogP contribution < -0.4 is 10.6 Å². The van der Waals surface area contributed by atoms with E-state index in [0.29, 0.717) is 5.02 Å². The van der Waals surface area contributed by atoms with Gasteiger partial charge in [0.05, 0.1) is 12.6 Å². The first kappa shape index (κ1) is 19.9. The predicted molar refractivity (Wildman–Crippen MR) is 102 cm³/mol. The smallest absolute Gasteiger partial charge is 0.309 e. The quantitative estimate of drug-likeness (QED) is 0.763. The van der Waals surface area contributed by atoms with Crippen LogP contribution in [0.5, 0.6) is 0 Å². The molecule has 6 heteroatoms. The molecule has 0 spiro atoms. The molecule has 0 aliphatic carbocycles. The highest BCUT2D eigenvalue weighted by atomic mass is 35.5. The lowest BCUT2D eigenvalue weighted by atomic mass is 9.95. The zero-order valence-electron chi connectivity index (χ0n) is 15.1. The van der Waals surface area contributed by atoms with Crippen molar-refractivity contribution in [1.82, 2.24) is 10.6 Å². The summed E-state index contributed by atoms with van der Waals surface area (Å²) in [7, 11) is 1.55. The van der Waals surface area contributed by atoms with Crippen molar-refractivity contribution in [1.29, 1.82) is 0 Å². The molecule has 5 nitrogen and oxygen atoms in total. The molecule has 2 atom stereocenters. The van der Waals surface area contributed by atoms with Crippen molar-refractivity contribution in [2.75, 3.05) is 13.7 Å². The number of methoxy groups -OCH3 is 1. The molecule has 2 aromatic rings. The number of carbonyl (C=O) groups is 2. The normalized spacial score (nSPS) is 14.2. The van der Waals surface area contributed by atoms with Gasteiger partial charge in [0.15, 0.2) is 0 Å². The van der Waals surface area contributed by atoms with Gasteiger partial charge in [0.25, 0.3) is 0 Å². The van der Waals surface area contributed by atoms with Gasteiger partial charge >= 0.3 is 11.8 Å². The van der Waals surface area contributed by atoms with Crippen LogP contribution in [-0.2, 0) is 19.9 Å². The standard InChI is InChI=1S/C20H23ClN2O3/c1-14(15-8-5-4-6-9-15)23-19(25)18(24)22-13-20(2,26-3)16-10-7-11-17(21)12-16/h4-12,14H,13H2,1-3H3,(H,22,24)(H,23,25)/t14-,20-/m0/s1. The average molecular weight is 375 g/mol. The molecular weight excluding hydrogens is 352 g/mol. The van der Waals surface area contributed by atoms with Crippen LogP contribution in [0, 0.1) is 0 Å². The van der Waals surface area contributed by atoms with Gasteiger partial charge in [-0.05, 0) is 37.1 Å². The molecule has 0 aliphatic heterocycles. The zero-order chi connectivity index (χ0) is 19.2. The molecule has 2 rings (SSSR count). The van der Waals surface area contributed by atoms with Crippen LogP contribution in [0.3, 0.4) is 0 Å². The fourth-order valence-corrected chi connectivity index (χ4v) is 2.72. The van der Waals surface area contributed by atoms with E-state index in [1.807, 2.05) is 56.3 Å². The highest BCUT2D eigenvalue weighted by Crippen LogP contribution is 2.26. The topological polar surface area (TPSA) is 67.4 Å². The molecule has 0 saturated carbocycles. The summed E-state index contributed by atoms with van der Waals surface area (Å²) in [6.07, 6.45) is 0. The van der Waals surface area contributed by atoms with Gasteiger partial charge < -0.3 is 15.4 Å². The van der Waals surface area contributed by atoms with Gasteiger partial charge in [0.1, 0.15) is 5.60 Å². The van der Waals surface area contributed by atoms with Gasteiger partial charge in [-0.25, -0.2) is 0 Å². The molecule has 26 heavy (non-hydrogen) atoms. The molecule has 0 saturated heterocycles. The first-order chi connectivity index (χ1) is 12.4. The maximum Gasteiger partial charge on any atom is 0.309 e. The molecule has 0 fully saturated rings. The molecule has 0 bridgehead atoms. The van der Waals surface area contributed by atoms with Crippen LogP contribution in [0.25, 0.3) is 0 Å². The van der Waals surface area contributed by atoms with Gasteiger partial charge in [0, 0.05) is 12.1 Å². The van der Waals surface area contributed by atoms with Crippen molar-refractivity contribution in [3.63, 3.8) is 0 Å². The summed E-state index contributed by atoms with van der Waals surface area (Å²) >= 11 is 6.03. The van der Waals surface area contributed by atoms with Crippen molar-refractivity contribution >= 4 is 23.4 Å². The number of nitrogens with one attached hydrogen (secondary N) is 2. The molecule has 2 N–H and O–H groups in total. The van der Waals surface area contributed by atoms with E-state index >= 15 is 0 Å². The van der Waals surface area contributed by atoms with Crippen LogP contribution >= 0.6 is 11.6 Å². The Kier molecular flexibility index (Phi) is 6.77. The number of carbonyl (C=O) groups excluding carboxylic acids is 2.